The third-order valence-electron chi connectivity index (χ3n) is 10.6. The summed E-state index contributed by atoms with van der Waals surface area (Å²) in [5.41, 5.74) is 16.0. The molecule has 0 N–H and O–H groups in total. The minimum absolute atomic E-state index is 0.765. The summed E-state index contributed by atoms with van der Waals surface area (Å²) in [6.45, 7) is 0. The summed E-state index contributed by atoms with van der Waals surface area (Å²) in [6, 6.07) is 52.2. The first-order chi connectivity index (χ1) is 25.3. The number of benzene rings is 6. The predicted molar refractivity (Wildman–Crippen MR) is 208 cm³/mol. The molecular weight excluding hydrogens is 623 g/mol. The van der Waals surface area contributed by atoms with E-state index in [2.05, 4.69) is 160 Å². The fraction of sp³-hybridized carbons (Fsp3) is 0.0217. The van der Waals surface area contributed by atoms with Crippen LogP contribution in [0, 0.1) is 0 Å². The van der Waals surface area contributed by atoms with Crippen LogP contribution in [0.3, 0.4) is 0 Å². The lowest BCUT2D eigenvalue weighted by atomic mass is 9.96. The van der Waals surface area contributed by atoms with Crippen molar-refractivity contribution in [1.82, 2.24) is 24.3 Å². The SMILES string of the molecule is c1ccc(-n2c3ccccc3c3cc(-c4cncc5c4Cc4c(-c6ccc7c(c6)c6ccccc6n7-c6ccccc6)cnnc4-5)ccc32)cc1. The van der Waals surface area contributed by atoms with E-state index in [9.17, 15) is 0 Å². The molecule has 0 atom stereocenters. The molecular formula is C46H29N5. The highest BCUT2D eigenvalue weighted by molar-refractivity contribution is 6.12. The van der Waals surface area contributed by atoms with E-state index in [1.165, 1.54) is 54.7 Å². The van der Waals surface area contributed by atoms with Crippen molar-refractivity contribution in [3.05, 3.63) is 175 Å². The maximum atomic E-state index is 4.76. The smallest absolute Gasteiger partial charge is 0.0989 e. The van der Waals surface area contributed by atoms with E-state index in [-0.39, 0.29) is 0 Å². The van der Waals surface area contributed by atoms with Crippen molar-refractivity contribution in [2.75, 3.05) is 0 Å². The lowest BCUT2D eigenvalue weighted by Crippen LogP contribution is -1.95. The van der Waals surface area contributed by atoms with Crippen LogP contribution in [0.5, 0.6) is 0 Å². The normalized spacial score (nSPS) is 12.2. The zero-order chi connectivity index (χ0) is 33.5. The van der Waals surface area contributed by atoms with Crippen LogP contribution in [0.2, 0.25) is 0 Å². The summed E-state index contributed by atoms with van der Waals surface area (Å²) < 4.78 is 4.71. The van der Waals surface area contributed by atoms with E-state index < -0.39 is 0 Å². The van der Waals surface area contributed by atoms with Gasteiger partial charge in [-0.2, -0.15) is 10.2 Å². The summed E-state index contributed by atoms with van der Waals surface area (Å²) in [7, 11) is 0. The Hall–Kier alpha value is -6.85. The van der Waals surface area contributed by atoms with Crippen LogP contribution < -0.4 is 0 Å². The number of aromatic nitrogens is 5. The van der Waals surface area contributed by atoms with Gasteiger partial charge in [-0.1, -0.05) is 84.9 Å². The van der Waals surface area contributed by atoms with Gasteiger partial charge in [-0.05, 0) is 82.9 Å². The Bertz CT molecular complexity index is 2790. The highest BCUT2D eigenvalue weighted by atomic mass is 15.1. The molecule has 0 fully saturated rings. The first kappa shape index (κ1) is 28.0. The van der Waals surface area contributed by atoms with Crippen molar-refractivity contribution >= 4 is 43.6 Å². The molecule has 0 spiro atoms. The molecule has 1 aliphatic rings. The largest absolute Gasteiger partial charge is 0.309 e. The fourth-order valence-electron chi connectivity index (χ4n) is 8.35. The monoisotopic (exact) mass is 651 g/mol. The van der Waals surface area contributed by atoms with Gasteiger partial charge >= 0.3 is 0 Å². The molecule has 4 aromatic heterocycles. The molecule has 238 valence electrons. The summed E-state index contributed by atoms with van der Waals surface area (Å²) in [4.78, 5) is 4.76. The Morgan fingerprint density at radius 3 is 1.49 bits per heavy atom. The Morgan fingerprint density at radius 1 is 0.412 bits per heavy atom. The van der Waals surface area contributed by atoms with Crippen LogP contribution in [0.4, 0.5) is 0 Å². The Kier molecular flexibility index (Phi) is 5.95. The van der Waals surface area contributed by atoms with E-state index in [4.69, 9.17) is 10.1 Å². The van der Waals surface area contributed by atoms with Gasteiger partial charge in [-0.3, -0.25) is 4.98 Å². The highest BCUT2D eigenvalue weighted by Gasteiger charge is 2.28. The molecule has 10 aromatic rings. The Balaban J connectivity index is 1.04. The molecule has 1 aliphatic carbocycles. The molecule has 11 rings (SSSR count). The molecule has 0 bridgehead atoms. The molecule has 0 aliphatic heterocycles. The predicted octanol–water partition coefficient (Wildman–Crippen LogP) is 11.0. The number of fused-ring (bicyclic) bond motifs is 9. The molecule has 0 saturated heterocycles. The van der Waals surface area contributed by atoms with Crippen LogP contribution in [0.1, 0.15) is 11.1 Å². The molecule has 6 aromatic carbocycles. The Morgan fingerprint density at radius 2 is 0.902 bits per heavy atom. The lowest BCUT2D eigenvalue weighted by Gasteiger charge is -2.10. The van der Waals surface area contributed by atoms with E-state index in [0.29, 0.717) is 0 Å². The van der Waals surface area contributed by atoms with Gasteiger partial charge in [0, 0.05) is 68.4 Å². The quantitative estimate of drug-likeness (QED) is 0.190. The first-order valence-electron chi connectivity index (χ1n) is 17.3. The number of hydrogen-bond acceptors (Lipinski definition) is 3. The van der Waals surface area contributed by atoms with E-state index in [1.807, 2.05) is 18.6 Å². The maximum absolute atomic E-state index is 4.76. The highest BCUT2D eigenvalue weighted by Crippen LogP contribution is 2.45. The number of para-hydroxylation sites is 4. The average molecular weight is 652 g/mol. The van der Waals surface area contributed by atoms with E-state index in [1.54, 1.807) is 0 Å². The third kappa shape index (κ3) is 4.12. The molecule has 0 saturated carbocycles. The van der Waals surface area contributed by atoms with Gasteiger partial charge in [0.05, 0.1) is 34.0 Å². The summed E-state index contributed by atoms with van der Waals surface area (Å²) in [6.07, 6.45) is 6.67. The second-order valence-electron chi connectivity index (χ2n) is 13.3. The number of nitrogens with zero attached hydrogens (tertiary/aromatic N) is 5. The van der Waals surface area contributed by atoms with Crippen LogP contribution in [-0.4, -0.2) is 24.3 Å². The third-order valence-corrected chi connectivity index (χ3v) is 10.6. The van der Waals surface area contributed by atoms with Gasteiger partial charge in [-0.15, -0.1) is 0 Å². The molecule has 4 heterocycles. The van der Waals surface area contributed by atoms with Gasteiger partial charge < -0.3 is 9.13 Å². The van der Waals surface area contributed by atoms with Crippen LogP contribution in [0.15, 0.2) is 164 Å². The second-order valence-corrected chi connectivity index (χ2v) is 13.3. The van der Waals surface area contributed by atoms with Gasteiger partial charge in [0.1, 0.15) is 0 Å². The second kappa shape index (κ2) is 10.8. The van der Waals surface area contributed by atoms with E-state index in [0.717, 1.165) is 51.3 Å². The van der Waals surface area contributed by atoms with Crippen LogP contribution in [0.25, 0.3) is 88.5 Å². The Labute approximate surface area is 293 Å². The molecule has 0 radical (unpaired) electrons. The lowest BCUT2D eigenvalue weighted by molar-refractivity contribution is 1.03. The summed E-state index contributed by atoms with van der Waals surface area (Å²) in [5.74, 6) is 0. The summed E-state index contributed by atoms with van der Waals surface area (Å²) >= 11 is 0. The minimum atomic E-state index is 0.765. The van der Waals surface area contributed by atoms with Gasteiger partial charge in [-0.25, -0.2) is 0 Å². The molecule has 51 heavy (non-hydrogen) atoms. The average Bonchev–Trinajstić information content (AvgIpc) is 3.86. The zero-order valence-electron chi connectivity index (χ0n) is 27.5. The van der Waals surface area contributed by atoms with Crippen molar-refractivity contribution in [2.24, 2.45) is 0 Å². The zero-order valence-corrected chi connectivity index (χ0v) is 27.5. The van der Waals surface area contributed by atoms with Crippen molar-refractivity contribution in [2.45, 2.75) is 6.42 Å². The van der Waals surface area contributed by atoms with E-state index >= 15 is 0 Å². The fourth-order valence-corrected chi connectivity index (χ4v) is 8.35. The summed E-state index contributed by atoms with van der Waals surface area (Å²) in [5, 5.41) is 14.2. The van der Waals surface area contributed by atoms with Crippen molar-refractivity contribution in [3.8, 4) is 44.9 Å². The number of pyridine rings is 1. The number of rotatable bonds is 4. The number of hydrogen-bond donors (Lipinski definition) is 0. The van der Waals surface area contributed by atoms with Crippen LogP contribution >= 0.6 is 0 Å². The van der Waals surface area contributed by atoms with Crippen molar-refractivity contribution in [3.63, 3.8) is 0 Å². The van der Waals surface area contributed by atoms with Crippen molar-refractivity contribution < 1.29 is 0 Å². The van der Waals surface area contributed by atoms with Gasteiger partial charge in [0.15, 0.2) is 0 Å². The van der Waals surface area contributed by atoms with Crippen LogP contribution in [-0.2, 0) is 6.42 Å². The van der Waals surface area contributed by atoms with Crippen molar-refractivity contribution in [1.29, 1.82) is 0 Å². The molecule has 5 heteroatoms. The topological polar surface area (TPSA) is 48.5 Å². The standard InChI is InChI=1S/C46H29N5/c1-3-11-31(12-4-1)50-42-17-9-7-15-33(42)36-23-29(19-21-44(36)50)39-26-47-27-41-35(39)25-38-40(28-48-49-46(38)41)30-20-22-45-37(24-30)34-16-8-10-18-43(34)51(45)32-13-5-2-6-14-32/h1-24,26-28H,25H2. The molecule has 0 unspecified atom stereocenters. The maximum Gasteiger partial charge on any atom is 0.0989 e. The molecule has 5 nitrogen and oxygen atoms in total. The van der Waals surface area contributed by atoms with Gasteiger partial charge in [0.25, 0.3) is 0 Å². The molecule has 0 amide bonds. The minimum Gasteiger partial charge on any atom is -0.309 e. The first-order valence-corrected chi connectivity index (χ1v) is 17.3. The van der Waals surface area contributed by atoms with Gasteiger partial charge in [0.2, 0.25) is 0 Å².